The highest BCUT2D eigenvalue weighted by Gasteiger charge is 2.57. The zero-order valence-electron chi connectivity index (χ0n) is 9.96. The van der Waals surface area contributed by atoms with E-state index in [-0.39, 0.29) is 0 Å². The minimum Gasteiger partial charge on any atom is -0.330 e. The zero-order chi connectivity index (χ0) is 11.1. The molecule has 2 rings (SSSR count). The Balaban J connectivity index is 2.32. The van der Waals surface area contributed by atoms with Crippen molar-refractivity contribution in [2.45, 2.75) is 33.1 Å². The quantitative estimate of drug-likeness (QED) is 0.803. The lowest BCUT2D eigenvalue weighted by Crippen LogP contribution is -2.05. The molecule has 1 heteroatoms. The predicted octanol–water partition coefficient (Wildman–Crippen LogP) is 2.95. The lowest BCUT2D eigenvalue weighted by molar-refractivity contribution is 0.558. The van der Waals surface area contributed by atoms with E-state index in [4.69, 9.17) is 5.73 Å². The van der Waals surface area contributed by atoms with Crippen LogP contribution in [0.2, 0.25) is 0 Å². The van der Waals surface area contributed by atoms with E-state index >= 15 is 0 Å². The summed E-state index contributed by atoms with van der Waals surface area (Å²) in [6.45, 7) is 7.71. The van der Waals surface area contributed by atoms with Crippen LogP contribution in [0.1, 0.15) is 37.8 Å². The molecule has 1 fully saturated rings. The molecule has 15 heavy (non-hydrogen) atoms. The van der Waals surface area contributed by atoms with Crippen molar-refractivity contribution in [3.8, 4) is 0 Å². The molecule has 0 heterocycles. The van der Waals surface area contributed by atoms with Crippen LogP contribution in [-0.4, -0.2) is 6.54 Å². The van der Waals surface area contributed by atoms with Crippen molar-refractivity contribution in [1.82, 2.24) is 0 Å². The highest BCUT2D eigenvalue weighted by Crippen LogP contribution is 2.64. The van der Waals surface area contributed by atoms with Crippen LogP contribution in [0, 0.1) is 11.3 Å². The normalized spacial score (nSPS) is 27.7. The maximum Gasteiger partial charge on any atom is -0.00375 e. The topological polar surface area (TPSA) is 26.0 Å². The van der Waals surface area contributed by atoms with Gasteiger partial charge in [-0.15, -0.1) is 0 Å². The van der Waals surface area contributed by atoms with Crippen molar-refractivity contribution < 1.29 is 0 Å². The molecule has 2 N–H and O–H groups in total. The fourth-order valence-electron chi connectivity index (χ4n) is 2.96. The SMILES string of the molecule is CCc1ccccc1C1C(CN)C1(C)C. The third-order valence-corrected chi connectivity index (χ3v) is 4.08. The van der Waals surface area contributed by atoms with Gasteiger partial charge in [0, 0.05) is 0 Å². The van der Waals surface area contributed by atoms with Gasteiger partial charge in [-0.3, -0.25) is 0 Å². The van der Waals surface area contributed by atoms with Crippen LogP contribution in [-0.2, 0) is 6.42 Å². The Bertz CT molecular complexity index is 354. The van der Waals surface area contributed by atoms with E-state index in [1.54, 1.807) is 0 Å². The summed E-state index contributed by atoms with van der Waals surface area (Å²) < 4.78 is 0. The van der Waals surface area contributed by atoms with Crippen molar-refractivity contribution in [1.29, 1.82) is 0 Å². The van der Waals surface area contributed by atoms with Crippen molar-refractivity contribution in [3.63, 3.8) is 0 Å². The van der Waals surface area contributed by atoms with Crippen molar-refractivity contribution in [2.75, 3.05) is 6.54 Å². The third-order valence-electron chi connectivity index (χ3n) is 4.08. The first-order chi connectivity index (χ1) is 7.12. The number of aryl methyl sites for hydroxylation is 1. The molecule has 1 aromatic rings. The van der Waals surface area contributed by atoms with Crippen molar-refractivity contribution in [2.24, 2.45) is 17.1 Å². The van der Waals surface area contributed by atoms with Gasteiger partial charge in [0.15, 0.2) is 0 Å². The van der Waals surface area contributed by atoms with E-state index in [0.717, 1.165) is 13.0 Å². The minimum atomic E-state index is 0.403. The molecule has 0 aliphatic heterocycles. The van der Waals surface area contributed by atoms with Gasteiger partial charge in [-0.1, -0.05) is 45.0 Å². The van der Waals surface area contributed by atoms with Crippen molar-refractivity contribution in [3.05, 3.63) is 35.4 Å². The first-order valence-electron chi connectivity index (χ1n) is 5.90. The number of hydrogen-bond donors (Lipinski definition) is 1. The highest BCUT2D eigenvalue weighted by atomic mass is 14.7. The summed E-state index contributed by atoms with van der Waals surface area (Å²) in [6, 6.07) is 8.81. The van der Waals surface area contributed by atoms with Gasteiger partial charge in [0.1, 0.15) is 0 Å². The van der Waals surface area contributed by atoms with E-state index in [0.29, 0.717) is 17.3 Å². The van der Waals surface area contributed by atoms with Gasteiger partial charge in [-0.2, -0.15) is 0 Å². The molecule has 0 aromatic heterocycles. The smallest absolute Gasteiger partial charge is 0.00375 e. The van der Waals surface area contributed by atoms with Crippen LogP contribution < -0.4 is 5.73 Å². The molecule has 0 radical (unpaired) electrons. The van der Waals surface area contributed by atoms with E-state index in [9.17, 15) is 0 Å². The maximum absolute atomic E-state index is 5.83. The fourth-order valence-corrected chi connectivity index (χ4v) is 2.96. The molecule has 2 atom stereocenters. The second kappa shape index (κ2) is 3.64. The molecule has 1 saturated carbocycles. The number of rotatable bonds is 3. The summed E-state index contributed by atoms with van der Waals surface area (Å²) in [5.74, 6) is 1.35. The van der Waals surface area contributed by atoms with Gasteiger partial charge in [-0.05, 0) is 41.3 Å². The van der Waals surface area contributed by atoms with Gasteiger partial charge in [-0.25, -0.2) is 0 Å². The molecule has 2 unspecified atom stereocenters. The third kappa shape index (κ3) is 1.59. The molecule has 0 saturated heterocycles. The van der Waals surface area contributed by atoms with Crippen LogP contribution in [0.5, 0.6) is 0 Å². The maximum atomic E-state index is 5.83. The fraction of sp³-hybridized carbons (Fsp3) is 0.571. The minimum absolute atomic E-state index is 0.403. The second-order valence-corrected chi connectivity index (χ2v) is 5.19. The van der Waals surface area contributed by atoms with Crippen LogP contribution in [0.3, 0.4) is 0 Å². The summed E-state index contributed by atoms with van der Waals surface area (Å²) in [6.07, 6.45) is 1.13. The summed E-state index contributed by atoms with van der Waals surface area (Å²) >= 11 is 0. The molecular formula is C14H21N. The van der Waals surface area contributed by atoms with Gasteiger partial charge in [0.2, 0.25) is 0 Å². The lowest BCUT2D eigenvalue weighted by atomic mass is 9.97. The van der Waals surface area contributed by atoms with E-state index in [1.807, 2.05) is 0 Å². The summed E-state index contributed by atoms with van der Waals surface area (Å²) in [7, 11) is 0. The molecule has 1 aliphatic carbocycles. The Morgan fingerprint density at radius 3 is 2.47 bits per heavy atom. The molecule has 1 nitrogen and oxygen atoms in total. The molecule has 0 spiro atoms. The van der Waals surface area contributed by atoms with Crippen LogP contribution >= 0.6 is 0 Å². The predicted molar refractivity (Wildman–Crippen MR) is 64.9 cm³/mol. The van der Waals surface area contributed by atoms with Gasteiger partial charge < -0.3 is 5.73 Å². The average Bonchev–Trinajstić information content (AvgIpc) is 2.80. The van der Waals surface area contributed by atoms with Gasteiger partial charge >= 0.3 is 0 Å². The first kappa shape index (κ1) is 10.7. The molecule has 82 valence electrons. The van der Waals surface area contributed by atoms with Gasteiger partial charge in [0.05, 0.1) is 0 Å². The van der Waals surface area contributed by atoms with Gasteiger partial charge in [0.25, 0.3) is 0 Å². The Morgan fingerprint density at radius 1 is 1.27 bits per heavy atom. The number of nitrogens with two attached hydrogens (primary N) is 1. The molecule has 0 bridgehead atoms. The Kier molecular flexibility index (Phi) is 2.59. The van der Waals surface area contributed by atoms with Crippen LogP contribution in [0.25, 0.3) is 0 Å². The standard InChI is InChI=1S/C14H21N/c1-4-10-7-5-6-8-11(10)13-12(9-15)14(13,2)3/h5-8,12-13H,4,9,15H2,1-3H3. The largest absolute Gasteiger partial charge is 0.330 e. The number of hydrogen-bond acceptors (Lipinski definition) is 1. The van der Waals surface area contributed by atoms with Crippen LogP contribution in [0.15, 0.2) is 24.3 Å². The van der Waals surface area contributed by atoms with Crippen LogP contribution in [0.4, 0.5) is 0 Å². The summed E-state index contributed by atoms with van der Waals surface area (Å²) in [5, 5.41) is 0. The average molecular weight is 203 g/mol. The molecule has 0 amide bonds. The van der Waals surface area contributed by atoms with E-state index in [2.05, 4.69) is 45.0 Å². The van der Waals surface area contributed by atoms with E-state index in [1.165, 1.54) is 11.1 Å². The first-order valence-corrected chi connectivity index (χ1v) is 5.90. The monoisotopic (exact) mass is 203 g/mol. The Hall–Kier alpha value is -0.820. The summed E-state index contributed by atoms with van der Waals surface area (Å²) in [4.78, 5) is 0. The molecule has 1 aliphatic rings. The van der Waals surface area contributed by atoms with E-state index < -0.39 is 0 Å². The molecular weight excluding hydrogens is 182 g/mol. The highest BCUT2D eigenvalue weighted by molar-refractivity contribution is 5.38. The molecule has 1 aromatic carbocycles. The number of benzene rings is 1. The summed E-state index contributed by atoms with van der Waals surface area (Å²) in [5.41, 5.74) is 9.25. The second-order valence-electron chi connectivity index (χ2n) is 5.19. The Morgan fingerprint density at radius 2 is 1.93 bits per heavy atom. The zero-order valence-corrected chi connectivity index (χ0v) is 9.96. The Labute approximate surface area is 92.7 Å². The van der Waals surface area contributed by atoms with Crippen molar-refractivity contribution >= 4 is 0 Å². The lowest BCUT2D eigenvalue weighted by Gasteiger charge is -2.08.